The zero-order valence-electron chi connectivity index (χ0n) is 15.6. The first kappa shape index (κ1) is 19.3. The van der Waals surface area contributed by atoms with E-state index in [4.69, 9.17) is 0 Å². The zero-order valence-corrected chi connectivity index (χ0v) is 16.4. The minimum atomic E-state index is -3.49. The van der Waals surface area contributed by atoms with Gasteiger partial charge in [-0.05, 0) is 37.1 Å². The van der Waals surface area contributed by atoms with E-state index in [1.807, 2.05) is 62.4 Å². The number of benzene rings is 2. The Bertz CT molecular complexity index is 945. The van der Waals surface area contributed by atoms with Crippen LogP contribution in [0.1, 0.15) is 27.0 Å². The van der Waals surface area contributed by atoms with Crippen molar-refractivity contribution in [3.8, 4) is 0 Å². The highest BCUT2D eigenvalue weighted by Gasteiger charge is 2.28. The third-order valence-corrected chi connectivity index (χ3v) is 6.30. The first-order valence-electron chi connectivity index (χ1n) is 8.96. The minimum Gasteiger partial charge on any atom is -0.336 e. The van der Waals surface area contributed by atoms with Crippen LogP contribution in [0.2, 0.25) is 0 Å². The molecule has 0 bridgehead atoms. The lowest BCUT2D eigenvalue weighted by Crippen LogP contribution is -2.50. The molecule has 0 spiro atoms. The molecule has 0 atom stereocenters. The van der Waals surface area contributed by atoms with Gasteiger partial charge in [-0.15, -0.1) is 0 Å². The van der Waals surface area contributed by atoms with Gasteiger partial charge in [-0.2, -0.15) is 4.31 Å². The van der Waals surface area contributed by atoms with Crippen LogP contribution in [0.5, 0.6) is 0 Å². The van der Waals surface area contributed by atoms with Crippen molar-refractivity contribution in [1.82, 2.24) is 9.21 Å². The molecule has 1 fully saturated rings. The highest BCUT2D eigenvalue weighted by atomic mass is 32.2. The number of piperazine rings is 1. The summed E-state index contributed by atoms with van der Waals surface area (Å²) in [6.07, 6.45) is 1.60. The van der Waals surface area contributed by atoms with Crippen LogP contribution in [0.15, 0.2) is 53.9 Å². The van der Waals surface area contributed by atoms with E-state index in [0.717, 1.165) is 16.7 Å². The smallest absolute Gasteiger partial charge is 0.254 e. The maximum absolute atomic E-state index is 12.7. The lowest BCUT2D eigenvalue weighted by atomic mass is 10.0. The lowest BCUT2D eigenvalue weighted by molar-refractivity contribution is 0.0698. The summed E-state index contributed by atoms with van der Waals surface area (Å²) in [4.78, 5) is 14.5. The number of hydrogen-bond acceptors (Lipinski definition) is 3. The van der Waals surface area contributed by atoms with Crippen LogP contribution in [0.4, 0.5) is 0 Å². The number of rotatable bonds is 4. The number of sulfonamides is 1. The average Bonchev–Trinajstić information content (AvgIpc) is 2.67. The first-order chi connectivity index (χ1) is 12.9. The molecular formula is C21H24N2O3S. The summed E-state index contributed by atoms with van der Waals surface area (Å²) in [6, 6.07) is 15.1. The summed E-state index contributed by atoms with van der Waals surface area (Å²) in [6.45, 7) is 5.31. The number of carbonyl (C=O) groups excluding carboxylic acids is 1. The van der Waals surface area contributed by atoms with Gasteiger partial charge < -0.3 is 4.90 Å². The van der Waals surface area contributed by atoms with Crippen LogP contribution in [0, 0.1) is 13.8 Å². The minimum absolute atomic E-state index is 0.0376. The fraction of sp³-hybridized carbons (Fsp3) is 0.286. The van der Waals surface area contributed by atoms with E-state index in [9.17, 15) is 13.2 Å². The van der Waals surface area contributed by atoms with Crippen LogP contribution < -0.4 is 0 Å². The summed E-state index contributed by atoms with van der Waals surface area (Å²) in [5, 5.41) is 1.24. The molecule has 1 saturated heterocycles. The summed E-state index contributed by atoms with van der Waals surface area (Å²) in [5.41, 5.74) is 3.58. The van der Waals surface area contributed by atoms with Gasteiger partial charge in [-0.3, -0.25) is 4.79 Å². The maximum atomic E-state index is 12.7. The van der Waals surface area contributed by atoms with Gasteiger partial charge in [-0.25, -0.2) is 8.42 Å². The Morgan fingerprint density at radius 2 is 1.63 bits per heavy atom. The summed E-state index contributed by atoms with van der Waals surface area (Å²) >= 11 is 0. The van der Waals surface area contributed by atoms with Crippen LogP contribution in [-0.4, -0.2) is 49.7 Å². The Hall–Kier alpha value is -2.44. The highest BCUT2D eigenvalue weighted by molar-refractivity contribution is 7.92. The summed E-state index contributed by atoms with van der Waals surface area (Å²) in [7, 11) is -3.49. The molecule has 3 rings (SSSR count). The fourth-order valence-corrected chi connectivity index (χ4v) is 4.36. The number of carbonyl (C=O) groups is 1. The normalized spacial score (nSPS) is 16.0. The number of amides is 1. The highest BCUT2D eigenvalue weighted by Crippen LogP contribution is 2.17. The van der Waals surface area contributed by atoms with E-state index in [-0.39, 0.29) is 5.91 Å². The molecule has 0 unspecified atom stereocenters. The summed E-state index contributed by atoms with van der Waals surface area (Å²) in [5.74, 6) is -0.0376. The van der Waals surface area contributed by atoms with Gasteiger partial charge in [-0.1, -0.05) is 48.0 Å². The Balaban J connectivity index is 1.64. The SMILES string of the molecule is Cc1ccc(C(=O)N2CCN(S(=O)(=O)/C=C/c3ccccc3)CC2)c(C)c1. The van der Waals surface area contributed by atoms with Gasteiger partial charge in [0.25, 0.3) is 5.91 Å². The van der Waals surface area contributed by atoms with Crippen LogP contribution >= 0.6 is 0 Å². The Morgan fingerprint density at radius 1 is 0.963 bits per heavy atom. The number of nitrogens with zero attached hydrogens (tertiary/aromatic N) is 2. The van der Waals surface area contributed by atoms with Gasteiger partial charge in [0.2, 0.25) is 10.0 Å². The lowest BCUT2D eigenvalue weighted by Gasteiger charge is -2.33. The molecule has 0 saturated carbocycles. The van der Waals surface area contributed by atoms with Crippen molar-refractivity contribution in [2.75, 3.05) is 26.2 Å². The topological polar surface area (TPSA) is 57.7 Å². The van der Waals surface area contributed by atoms with E-state index in [0.29, 0.717) is 31.7 Å². The molecule has 5 nitrogen and oxygen atoms in total. The third-order valence-electron chi connectivity index (χ3n) is 4.73. The number of aryl methyl sites for hydroxylation is 2. The van der Waals surface area contributed by atoms with E-state index >= 15 is 0 Å². The molecular weight excluding hydrogens is 360 g/mol. The van der Waals surface area contributed by atoms with Gasteiger partial charge in [0, 0.05) is 37.2 Å². The molecule has 0 radical (unpaired) electrons. The molecule has 0 N–H and O–H groups in total. The Labute approximate surface area is 161 Å². The Kier molecular flexibility index (Phi) is 5.77. The van der Waals surface area contributed by atoms with E-state index in [2.05, 4.69) is 0 Å². The van der Waals surface area contributed by atoms with E-state index in [1.165, 1.54) is 9.71 Å². The molecule has 1 aliphatic rings. The van der Waals surface area contributed by atoms with Crippen LogP contribution in [0.3, 0.4) is 0 Å². The zero-order chi connectivity index (χ0) is 19.4. The van der Waals surface area contributed by atoms with Crippen molar-refractivity contribution in [3.05, 3.63) is 76.2 Å². The maximum Gasteiger partial charge on any atom is 0.254 e. The largest absolute Gasteiger partial charge is 0.336 e. The van der Waals surface area contributed by atoms with Gasteiger partial charge in [0.15, 0.2) is 0 Å². The van der Waals surface area contributed by atoms with Crippen molar-refractivity contribution >= 4 is 22.0 Å². The van der Waals surface area contributed by atoms with Gasteiger partial charge >= 0.3 is 0 Å². The average molecular weight is 385 g/mol. The standard InChI is InChI=1S/C21H24N2O3S/c1-17-8-9-20(18(2)16-17)21(24)22-11-13-23(14-12-22)27(25,26)15-10-19-6-4-3-5-7-19/h3-10,15-16H,11-14H2,1-2H3/b15-10+. The monoisotopic (exact) mass is 384 g/mol. The van der Waals surface area contributed by atoms with Crippen molar-refractivity contribution in [3.63, 3.8) is 0 Å². The van der Waals surface area contributed by atoms with E-state index in [1.54, 1.807) is 11.0 Å². The number of hydrogen-bond donors (Lipinski definition) is 0. The predicted molar refractivity (Wildman–Crippen MR) is 108 cm³/mol. The van der Waals surface area contributed by atoms with Crippen molar-refractivity contribution < 1.29 is 13.2 Å². The fourth-order valence-electron chi connectivity index (χ4n) is 3.18. The third kappa shape index (κ3) is 4.64. The molecule has 1 amide bonds. The van der Waals surface area contributed by atoms with Crippen molar-refractivity contribution in [2.24, 2.45) is 0 Å². The molecule has 142 valence electrons. The second kappa shape index (κ2) is 8.06. The van der Waals surface area contributed by atoms with Crippen LogP contribution in [0.25, 0.3) is 6.08 Å². The summed E-state index contributed by atoms with van der Waals surface area (Å²) < 4.78 is 26.5. The second-order valence-corrected chi connectivity index (χ2v) is 8.59. The van der Waals surface area contributed by atoms with Gasteiger partial charge in [0.05, 0.1) is 0 Å². The molecule has 2 aromatic rings. The molecule has 27 heavy (non-hydrogen) atoms. The van der Waals surface area contributed by atoms with E-state index < -0.39 is 10.0 Å². The Morgan fingerprint density at radius 3 is 2.26 bits per heavy atom. The van der Waals surface area contributed by atoms with Gasteiger partial charge in [0.1, 0.15) is 0 Å². The molecule has 1 heterocycles. The molecule has 6 heteroatoms. The first-order valence-corrected chi connectivity index (χ1v) is 10.5. The van der Waals surface area contributed by atoms with Crippen molar-refractivity contribution in [1.29, 1.82) is 0 Å². The molecule has 0 aromatic heterocycles. The molecule has 0 aliphatic carbocycles. The van der Waals surface area contributed by atoms with Crippen LogP contribution in [-0.2, 0) is 10.0 Å². The molecule has 2 aromatic carbocycles. The molecule has 1 aliphatic heterocycles. The quantitative estimate of drug-likeness (QED) is 0.814. The predicted octanol–water partition coefficient (Wildman–Crippen LogP) is 3.06. The van der Waals surface area contributed by atoms with Crippen molar-refractivity contribution in [2.45, 2.75) is 13.8 Å². The second-order valence-electron chi connectivity index (χ2n) is 6.77.